The van der Waals surface area contributed by atoms with Crippen molar-refractivity contribution >= 4 is 32.9 Å². The predicted octanol–water partition coefficient (Wildman–Crippen LogP) is 5.84. The first kappa shape index (κ1) is 16.3. The molecule has 1 aromatic heterocycles. The van der Waals surface area contributed by atoms with Crippen molar-refractivity contribution in [1.29, 1.82) is 0 Å². The van der Waals surface area contributed by atoms with E-state index in [1.807, 2.05) is 66.7 Å². The van der Waals surface area contributed by atoms with Crippen molar-refractivity contribution < 1.29 is 4.74 Å². The topological polar surface area (TPSA) is 46.5 Å². The fraction of sp³-hybridized carbons (Fsp3) is 0.0476. The molecule has 0 bridgehead atoms. The summed E-state index contributed by atoms with van der Waals surface area (Å²) in [6, 6.07) is 23.6. The largest absolute Gasteiger partial charge is 0.457 e. The molecular formula is C21H17N3OS. The molecule has 4 rings (SSSR count). The van der Waals surface area contributed by atoms with E-state index in [4.69, 9.17) is 4.74 Å². The van der Waals surface area contributed by atoms with Gasteiger partial charge in [0, 0.05) is 0 Å². The number of benzene rings is 3. The van der Waals surface area contributed by atoms with Crippen LogP contribution in [0.2, 0.25) is 0 Å². The fourth-order valence-electron chi connectivity index (χ4n) is 2.54. The van der Waals surface area contributed by atoms with E-state index in [2.05, 4.69) is 28.5 Å². The first-order chi connectivity index (χ1) is 12.8. The Morgan fingerprint density at radius 1 is 0.923 bits per heavy atom. The van der Waals surface area contributed by atoms with Crippen molar-refractivity contribution in [2.45, 2.75) is 6.92 Å². The Morgan fingerprint density at radius 2 is 1.69 bits per heavy atom. The highest BCUT2D eigenvalue weighted by molar-refractivity contribution is 7.22. The van der Waals surface area contributed by atoms with Gasteiger partial charge < -0.3 is 4.74 Å². The smallest absolute Gasteiger partial charge is 0.204 e. The number of nitrogens with one attached hydrogen (secondary N) is 1. The van der Waals surface area contributed by atoms with Gasteiger partial charge in [0.1, 0.15) is 11.5 Å². The van der Waals surface area contributed by atoms with Gasteiger partial charge in [-0.25, -0.2) is 4.98 Å². The van der Waals surface area contributed by atoms with Crippen LogP contribution < -0.4 is 10.2 Å². The number of anilines is 1. The average molecular weight is 359 g/mol. The van der Waals surface area contributed by atoms with E-state index in [1.165, 1.54) is 10.3 Å². The highest BCUT2D eigenvalue weighted by Crippen LogP contribution is 2.28. The van der Waals surface area contributed by atoms with Crippen LogP contribution in [-0.2, 0) is 0 Å². The maximum absolute atomic E-state index is 5.78. The van der Waals surface area contributed by atoms with Crippen LogP contribution in [0.3, 0.4) is 0 Å². The second-order valence-electron chi connectivity index (χ2n) is 5.80. The van der Waals surface area contributed by atoms with Crippen LogP contribution in [0.25, 0.3) is 10.2 Å². The lowest BCUT2D eigenvalue weighted by Gasteiger charge is -2.05. The Balaban J connectivity index is 1.41. The van der Waals surface area contributed by atoms with Crippen LogP contribution in [-0.4, -0.2) is 11.2 Å². The summed E-state index contributed by atoms with van der Waals surface area (Å²) >= 11 is 1.61. The highest BCUT2D eigenvalue weighted by Gasteiger charge is 2.04. The third kappa shape index (κ3) is 3.73. The van der Waals surface area contributed by atoms with Gasteiger partial charge in [-0.05, 0) is 60.5 Å². The number of para-hydroxylation sites is 1. The van der Waals surface area contributed by atoms with Crippen LogP contribution in [0.5, 0.6) is 11.5 Å². The Morgan fingerprint density at radius 3 is 2.46 bits per heavy atom. The second kappa shape index (κ2) is 7.37. The number of rotatable bonds is 5. The van der Waals surface area contributed by atoms with E-state index in [0.29, 0.717) is 0 Å². The number of hydrogen-bond donors (Lipinski definition) is 1. The molecule has 4 aromatic rings. The summed E-state index contributed by atoms with van der Waals surface area (Å²) in [5.74, 6) is 1.62. The third-order valence-corrected chi connectivity index (χ3v) is 4.96. The number of hydrazone groups is 1. The summed E-state index contributed by atoms with van der Waals surface area (Å²) in [6.07, 6.45) is 1.77. The molecule has 1 N–H and O–H groups in total. The molecule has 0 saturated heterocycles. The molecule has 0 aliphatic carbocycles. The maximum Gasteiger partial charge on any atom is 0.204 e. The molecule has 5 heteroatoms. The number of aromatic nitrogens is 1. The van der Waals surface area contributed by atoms with Crippen LogP contribution >= 0.6 is 11.3 Å². The molecule has 4 nitrogen and oxygen atoms in total. The third-order valence-electron chi connectivity index (χ3n) is 3.84. The van der Waals surface area contributed by atoms with E-state index in [-0.39, 0.29) is 0 Å². The number of nitrogens with zero attached hydrogens (tertiary/aromatic N) is 2. The van der Waals surface area contributed by atoms with Gasteiger partial charge in [0.05, 0.1) is 16.4 Å². The maximum atomic E-state index is 5.78. The van der Waals surface area contributed by atoms with Gasteiger partial charge in [0.2, 0.25) is 5.13 Å². The predicted molar refractivity (Wildman–Crippen MR) is 109 cm³/mol. The zero-order valence-corrected chi connectivity index (χ0v) is 15.0. The first-order valence-electron chi connectivity index (χ1n) is 8.26. The number of hydrogen-bond acceptors (Lipinski definition) is 5. The molecule has 0 amide bonds. The number of ether oxygens (including phenoxy) is 1. The van der Waals surface area contributed by atoms with Gasteiger partial charge in [-0.1, -0.05) is 41.7 Å². The number of aryl methyl sites for hydroxylation is 1. The molecular weight excluding hydrogens is 342 g/mol. The lowest BCUT2D eigenvalue weighted by Crippen LogP contribution is -1.90. The Labute approximate surface area is 155 Å². The molecule has 1 heterocycles. The van der Waals surface area contributed by atoms with Crippen molar-refractivity contribution in [3.05, 3.63) is 83.9 Å². The van der Waals surface area contributed by atoms with E-state index < -0.39 is 0 Å². The van der Waals surface area contributed by atoms with Crippen LogP contribution in [0.15, 0.2) is 77.9 Å². The lowest BCUT2D eigenvalue weighted by atomic mass is 10.2. The highest BCUT2D eigenvalue weighted by atomic mass is 32.1. The second-order valence-corrected chi connectivity index (χ2v) is 6.80. The van der Waals surface area contributed by atoms with Crippen LogP contribution in [0, 0.1) is 6.92 Å². The van der Waals surface area contributed by atoms with E-state index in [1.54, 1.807) is 17.6 Å². The van der Waals surface area contributed by atoms with Crippen molar-refractivity contribution in [3.63, 3.8) is 0 Å². The monoisotopic (exact) mass is 359 g/mol. The molecule has 0 saturated carbocycles. The SMILES string of the molecule is Cc1cccc2nc(N/N=C\c3ccc(Oc4ccccc4)cc3)sc12. The zero-order chi connectivity index (χ0) is 17.8. The standard InChI is InChI=1S/C21H17N3OS/c1-15-6-5-9-19-20(15)26-21(23-19)24-22-14-16-10-12-18(13-11-16)25-17-7-3-2-4-8-17/h2-14H,1H3,(H,23,24)/b22-14-. The van der Waals surface area contributed by atoms with Crippen molar-refractivity contribution in [2.24, 2.45) is 5.10 Å². The van der Waals surface area contributed by atoms with Crippen LogP contribution in [0.4, 0.5) is 5.13 Å². The van der Waals surface area contributed by atoms with E-state index in [9.17, 15) is 0 Å². The first-order valence-corrected chi connectivity index (χ1v) is 9.08. The van der Waals surface area contributed by atoms with Crippen molar-refractivity contribution in [3.8, 4) is 11.5 Å². The summed E-state index contributed by atoms with van der Waals surface area (Å²) < 4.78 is 6.97. The minimum atomic E-state index is 0.787. The zero-order valence-electron chi connectivity index (χ0n) is 14.2. The summed E-state index contributed by atoms with van der Waals surface area (Å²) in [5, 5.41) is 5.07. The van der Waals surface area contributed by atoms with Gasteiger partial charge in [0.25, 0.3) is 0 Å². The molecule has 0 aliphatic heterocycles. The molecule has 3 aromatic carbocycles. The van der Waals surface area contributed by atoms with E-state index in [0.717, 1.165) is 27.7 Å². The Hall–Kier alpha value is -3.18. The van der Waals surface area contributed by atoms with E-state index >= 15 is 0 Å². The molecule has 0 radical (unpaired) electrons. The molecule has 0 fully saturated rings. The number of fused-ring (bicyclic) bond motifs is 1. The van der Waals surface area contributed by atoms with Gasteiger partial charge in [-0.15, -0.1) is 0 Å². The summed E-state index contributed by atoms with van der Waals surface area (Å²) in [6.45, 7) is 2.09. The van der Waals surface area contributed by atoms with Crippen LogP contribution in [0.1, 0.15) is 11.1 Å². The molecule has 0 spiro atoms. The minimum Gasteiger partial charge on any atom is -0.457 e. The summed E-state index contributed by atoms with van der Waals surface area (Å²) in [7, 11) is 0. The van der Waals surface area contributed by atoms with Crippen molar-refractivity contribution in [2.75, 3.05) is 5.43 Å². The Kier molecular flexibility index (Phi) is 4.62. The van der Waals surface area contributed by atoms with Gasteiger partial charge in [-0.3, -0.25) is 5.43 Å². The minimum absolute atomic E-state index is 0.787. The molecule has 0 unspecified atom stereocenters. The number of thiazole rings is 1. The quantitative estimate of drug-likeness (QED) is 0.359. The molecule has 26 heavy (non-hydrogen) atoms. The average Bonchev–Trinajstić information content (AvgIpc) is 3.09. The van der Waals surface area contributed by atoms with Gasteiger partial charge in [-0.2, -0.15) is 5.10 Å². The Bertz CT molecular complexity index is 1040. The fourth-order valence-corrected chi connectivity index (χ4v) is 3.43. The lowest BCUT2D eigenvalue weighted by molar-refractivity contribution is 0.482. The molecule has 128 valence electrons. The summed E-state index contributed by atoms with van der Waals surface area (Å²) in [4.78, 5) is 4.54. The normalized spacial score (nSPS) is 11.1. The van der Waals surface area contributed by atoms with Gasteiger partial charge >= 0.3 is 0 Å². The molecule has 0 aliphatic rings. The molecule has 0 atom stereocenters. The van der Waals surface area contributed by atoms with Gasteiger partial charge in [0.15, 0.2) is 0 Å². The summed E-state index contributed by atoms with van der Waals surface area (Å²) in [5.41, 5.74) is 6.21. The van der Waals surface area contributed by atoms with Crippen molar-refractivity contribution in [1.82, 2.24) is 4.98 Å².